The highest BCUT2D eigenvalue weighted by molar-refractivity contribution is 6.10. The molecule has 0 heterocycles. The van der Waals surface area contributed by atoms with E-state index in [1.54, 1.807) is 146 Å². The monoisotopic (exact) mass is 858 g/mol. The Morgan fingerprint density at radius 3 is 0.815 bits per heavy atom. The molecule has 0 bridgehead atoms. The van der Waals surface area contributed by atoms with E-state index in [0.29, 0.717) is 87.3 Å². The van der Waals surface area contributed by atoms with Gasteiger partial charge in [-0.2, -0.15) is 0 Å². The van der Waals surface area contributed by atoms with E-state index in [1.165, 1.54) is 0 Å². The van der Waals surface area contributed by atoms with Crippen LogP contribution in [0.5, 0.6) is 23.0 Å². The molecule has 8 aromatic rings. The molecule has 65 heavy (non-hydrogen) atoms. The van der Waals surface area contributed by atoms with Crippen LogP contribution in [0.2, 0.25) is 0 Å². The Bertz CT molecular complexity index is 2660. The molecule has 1 unspecified atom stereocenters. The summed E-state index contributed by atoms with van der Waals surface area (Å²) in [6.45, 7) is 2.97. The summed E-state index contributed by atoms with van der Waals surface area (Å²) in [5.41, 5.74) is 5.09. The van der Waals surface area contributed by atoms with Gasteiger partial charge in [0, 0.05) is 44.5 Å². The summed E-state index contributed by atoms with van der Waals surface area (Å²) in [6, 6.07) is 65.1. The van der Waals surface area contributed by atoms with Crippen LogP contribution in [0.4, 0.5) is 0 Å². The van der Waals surface area contributed by atoms with Gasteiger partial charge in [0.25, 0.3) is 0 Å². The fraction of sp³-hybridized carbons (Fsp3) is 0.0877. The van der Waals surface area contributed by atoms with Crippen LogP contribution in [0.1, 0.15) is 70.6 Å². The van der Waals surface area contributed by atoms with Crippen LogP contribution in [0, 0.1) is 0 Å². The van der Waals surface area contributed by atoms with E-state index in [9.17, 15) is 19.2 Å². The highest BCUT2D eigenvalue weighted by Gasteiger charge is 2.13. The van der Waals surface area contributed by atoms with Crippen LogP contribution >= 0.6 is 0 Å². The summed E-state index contributed by atoms with van der Waals surface area (Å²) in [5, 5.41) is 0. The van der Waals surface area contributed by atoms with Gasteiger partial charge in [-0.25, -0.2) is 0 Å². The van der Waals surface area contributed by atoms with E-state index in [2.05, 4.69) is 0 Å². The normalized spacial score (nSPS) is 10.9. The summed E-state index contributed by atoms with van der Waals surface area (Å²) in [5.74, 6) is 2.59. The minimum Gasteiger partial charge on any atom is -0.490 e. The van der Waals surface area contributed by atoms with Crippen molar-refractivity contribution in [3.05, 3.63) is 263 Å². The summed E-state index contributed by atoms with van der Waals surface area (Å²) >= 11 is 0. The molecular weight excluding hydrogens is 813 g/mol. The van der Waals surface area contributed by atoms with Crippen LogP contribution in [0.25, 0.3) is 0 Å². The third kappa shape index (κ3) is 12.8. The Labute approximate surface area is 378 Å². The van der Waals surface area contributed by atoms with Gasteiger partial charge in [-0.05, 0) is 104 Å². The van der Waals surface area contributed by atoms with E-state index in [4.69, 9.17) is 18.9 Å². The van der Waals surface area contributed by atoms with Crippen molar-refractivity contribution in [2.45, 2.75) is 13.0 Å². The molecule has 8 nitrogen and oxygen atoms in total. The molecule has 0 radical (unpaired) electrons. The first-order chi connectivity index (χ1) is 31.8. The summed E-state index contributed by atoms with van der Waals surface area (Å²) in [6.07, 6.45) is -0.202. The first kappa shape index (κ1) is 44.7. The number of hydrogen-bond donors (Lipinski definition) is 0. The maximum absolute atomic E-state index is 12.5. The molecule has 0 saturated heterocycles. The minimum atomic E-state index is -0.202. The van der Waals surface area contributed by atoms with Gasteiger partial charge in [-0.1, -0.05) is 121 Å². The number of carbonyl (C=O) groups is 4. The SMILES string of the molecule is CC(COc1ccc(C(=O)c2ccccc2)cc1)Oc1ccc(C(=O)c2ccccc2)cc1.O=C(c1ccccc1)c1ccc(OCCOc2ccc(C(=O)c3ccccc3)cc2)cc1. The average molecular weight is 859 g/mol. The Morgan fingerprint density at radius 2 is 0.538 bits per heavy atom. The second-order valence-electron chi connectivity index (χ2n) is 14.8. The van der Waals surface area contributed by atoms with E-state index < -0.39 is 0 Å². The maximum atomic E-state index is 12.5. The van der Waals surface area contributed by atoms with E-state index in [-0.39, 0.29) is 29.2 Å². The van der Waals surface area contributed by atoms with Crippen molar-refractivity contribution >= 4 is 23.1 Å². The molecule has 1 atom stereocenters. The number of ketones is 4. The molecule has 0 aliphatic rings. The zero-order chi connectivity index (χ0) is 45.2. The van der Waals surface area contributed by atoms with Gasteiger partial charge in [0.1, 0.15) is 48.9 Å². The number of rotatable bonds is 18. The minimum absolute atomic E-state index is 0.0188. The summed E-state index contributed by atoms with van der Waals surface area (Å²) in [7, 11) is 0. The van der Waals surface area contributed by atoms with Crippen molar-refractivity contribution in [2.24, 2.45) is 0 Å². The molecule has 322 valence electrons. The van der Waals surface area contributed by atoms with Crippen LogP contribution in [-0.4, -0.2) is 49.1 Å². The first-order valence-electron chi connectivity index (χ1n) is 21.1. The predicted molar refractivity (Wildman–Crippen MR) is 252 cm³/mol. The van der Waals surface area contributed by atoms with E-state index in [1.807, 2.05) is 79.7 Å². The zero-order valence-electron chi connectivity index (χ0n) is 35.7. The molecule has 0 amide bonds. The van der Waals surface area contributed by atoms with Crippen molar-refractivity contribution < 1.29 is 38.1 Å². The smallest absolute Gasteiger partial charge is 0.193 e. The molecule has 0 N–H and O–H groups in total. The van der Waals surface area contributed by atoms with Crippen molar-refractivity contribution in [1.29, 1.82) is 0 Å². The van der Waals surface area contributed by atoms with Gasteiger partial charge in [-0.15, -0.1) is 0 Å². The molecule has 8 rings (SSSR count). The van der Waals surface area contributed by atoms with Gasteiger partial charge in [0.2, 0.25) is 0 Å². The number of hydrogen-bond acceptors (Lipinski definition) is 8. The molecule has 8 aromatic carbocycles. The Kier molecular flexibility index (Phi) is 15.6. The molecule has 0 fully saturated rings. The van der Waals surface area contributed by atoms with Gasteiger partial charge >= 0.3 is 0 Å². The molecule has 0 aliphatic heterocycles. The Balaban J connectivity index is 0.000000194. The van der Waals surface area contributed by atoms with Crippen molar-refractivity contribution in [3.8, 4) is 23.0 Å². The molecule has 8 heteroatoms. The Hall–Kier alpha value is -8.36. The third-order valence-electron chi connectivity index (χ3n) is 10.1. The number of carbonyl (C=O) groups excluding carboxylic acids is 4. The molecule has 0 aromatic heterocycles. The lowest BCUT2D eigenvalue weighted by molar-refractivity contribution is 0.103. The van der Waals surface area contributed by atoms with Crippen LogP contribution in [0.3, 0.4) is 0 Å². The second-order valence-corrected chi connectivity index (χ2v) is 14.8. The van der Waals surface area contributed by atoms with Crippen LogP contribution in [0.15, 0.2) is 218 Å². The third-order valence-corrected chi connectivity index (χ3v) is 10.1. The number of benzene rings is 8. The van der Waals surface area contributed by atoms with E-state index in [0.717, 1.165) is 0 Å². The predicted octanol–water partition coefficient (Wildman–Crippen LogP) is 11.6. The first-order valence-corrected chi connectivity index (χ1v) is 21.1. The fourth-order valence-electron chi connectivity index (χ4n) is 6.62. The molecule has 0 saturated carbocycles. The molecule has 0 spiro atoms. The topological polar surface area (TPSA) is 105 Å². The van der Waals surface area contributed by atoms with E-state index >= 15 is 0 Å². The maximum Gasteiger partial charge on any atom is 0.193 e. The molecular formula is C57H46O8. The Morgan fingerprint density at radius 1 is 0.308 bits per heavy atom. The second kappa shape index (κ2) is 22.6. The van der Waals surface area contributed by atoms with Gasteiger partial charge in [0.15, 0.2) is 23.1 Å². The standard InChI is InChI=1S/C29H24O4.C28H22O4/c1-21(33-27-18-14-25(15-19-27)29(31)23-10-6-3-7-11-23)20-32-26-16-12-24(13-17-26)28(30)22-8-4-2-5-9-22;29-27(21-7-3-1-4-8-21)23-11-15-25(16-12-23)31-19-20-32-26-17-13-24(14-18-26)28(30)22-9-5-2-6-10-22/h2-19,21H,20H2,1H3;1-18H,19-20H2. The molecule has 0 aliphatic carbocycles. The lowest BCUT2D eigenvalue weighted by Crippen LogP contribution is -2.21. The lowest BCUT2D eigenvalue weighted by Gasteiger charge is -2.16. The highest BCUT2D eigenvalue weighted by atomic mass is 16.5. The van der Waals surface area contributed by atoms with Crippen LogP contribution in [-0.2, 0) is 0 Å². The number of ether oxygens (including phenoxy) is 4. The summed E-state index contributed by atoms with van der Waals surface area (Å²) in [4.78, 5) is 49.9. The highest BCUT2D eigenvalue weighted by Crippen LogP contribution is 2.21. The quantitative estimate of drug-likeness (QED) is 0.0620. The van der Waals surface area contributed by atoms with Crippen molar-refractivity contribution in [1.82, 2.24) is 0 Å². The largest absolute Gasteiger partial charge is 0.490 e. The van der Waals surface area contributed by atoms with Crippen LogP contribution < -0.4 is 18.9 Å². The average Bonchev–Trinajstić information content (AvgIpc) is 3.38. The summed E-state index contributed by atoms with van der Waals surface area (Å²) < 4.78 is 23.1. The van der Waals surface area contributed by atoms with Crippen molar-refractivity contribution in [3.63, 3.8) is 0 Å². The zero-order valence-corrected chi connectivity index (χ0v) is 35.7. The van der Waals surface area contributed by atoms with Gasteiger partial charge in [-0.3, -0.25) is 19.2 Å². The fourth-order valence-corrected chi connectivity index (χ4v) is 6.62. The van der Waals surface area contributed by atoms with Crippen molar-refractivity contribution in [2.75, 3.05) is 19.8 Å². The van der Waals surface area contributed by atoms with Gasteiger partial charge in [0.05, 0.1) is 0 Å². The lowest BCUT2D eigenvalue weighted by atomic mass is 10.0. The van der Waals surface area contributed by atoms with Gasteiger partial charge < -0.3 is 18.9 Å².